The Labute approximate surface area is 116 Å². The average molecular weight is 306 g/mol. The fraction of sp³-hybridized carbons (Fsp3) is 0.267. The number of carbonyl (C=O) groups excluding carboxylic acids is 1. The smallest absolute Gasteiger partial charge is 0.183 e. The number of rotatable bonds is 3. The summed E-state index contributed by atoms with van der Waals surface area (Å²) in [6.45, 7) is 6.03. The molecule has 2 rings (SSSR count). The van der Waals surface area contributed by atoms with Crippen LogP contribution in [0, 0.1) is 20.8 Å². The van der Waals surface area contributed by atoms with E-state index in [1.54, 1.807) is 0 Å². The lowest BCUT2D eigenvalue weighted by Crippen LogP contribution is -2.05. The van der Waals surface area contributed by atoms with Gasteiger partial charge in [0.1, 0.15) is 0 Å². The molecule has 0 aliphatic rings. The van der Waals surface area contributed by atoms with Crippen molar-refractivity contribution in [3.8, 4) is 0 Å². The van der Waals surface area contributed by atoms with Crippen LogP contribution >= 0.6 is 15.9 Å². The molecule has 2 aromatic rings. The number of nitrogens with one attached hydrogen (secondary N) is 1. The highest BCUT2D eigenvalue weighted by Crippen LogP contribution is 2.19. The fourth-order valence-corrected chi connectivity index (χ4v) is 2.26. The zero-order valence-corrected chi connectivity index (χ0v) is 12.4. The molecule has 0 bridgehead atoms. The molecule has 0 aliphatic carbocycles. The topological polar surface area (TPSA) is 32.9 Å². The van der Waals surface area contributed by atoms with Crippen LogP contribution in [0.1, 0.15) is 32.9 Å². The molecule has 2 nitrogen and oxygen atoms in total. The molecular weight excluding hydrogens is 290 g/mol. The second-order valence-electron chi connectivity index (χ2n) is 4.60. The van der Waals surface area contributed by atoms with Crippen molar-refractivity contribution < 1.29 is 4.79 Å². The van der Waals surface area contributed by atoms with E-state index in [0.717, 1.165) is 27.0 Å². The SMILES string of the molecule is Cc1[nH]c(C(=O)Cc2ccc(Br)cc2)c(C)c1C. The van der Waals surface area contributed by atoms with Gasteiger partial charge in [-0.25, -0.2) is 0 Å². The molecular formula is C15H16BrNO. The molecule has 3 heteroatoms. The van der Waals surface area contributed by atoms with E-state index in [2.05, 4.69) is 20.9 Å². The molecule has 0 saturated heterocycles. The zero-order chi connectivity index (χ0) is 13.3. The summed E-state index contributed by atoms with van der Waals surface area (Å²) in [5.41, 5.74) is 5.09. The maximum Gasteiger partial charge on any atom is 0.183 e. The number of aromatic amines is 1. The van der Waals surface area contributed by atoms with E-state index in [1.807, 2.05) is 45.0 Å². The monoisotopic (exact) mass is 305 g/mol. The van der Waals surface area contributed by atoms with Gasteiger partial charge in [-0.2, -0.15) is 0 Å². The third kappa shape index (κ3) is 2.56. The fourth-order valence-electron chi connectivity index (χ4n) is 2.00. The number of aromatic nitrogens is 1. The average Bonchev–Trinajstić information content (AvgIpc) is 2.60. The van der Waals surface area contributed by atoms with Crippen LogP contribution < -0.4 is 0 Å². The van der Waals surface area contributed by atoms with Gasteiger partial charge in [0.25, 0.3) is 0 Å². The van der Waals surface area contributed by atoms with Crippen molar-refractivity contribution in [2.24, 2.45) is 0 Å². The first kappa shape index (κ1) is 13.1. The zero-order valence-electron chi connectivity index (χ0n) is 10.8. The van der Waals surface area contributed by atoms with E-state index in [-0.39, 0.29) is 5.78 Å². The first-order valence-electron chi connectivity index (χ1n) is 5.92. The maximum absolute atomic E-state index is 12.2. The molecule has 0 fully saturated rings. The third-order valence-corrected chi connectivity index (χ3v) is 3.90. The van der Waals surface area contributed by atoms with Gasteiger partial charge in [0.05, 0.1) is 5.69 Å². The Morgan fingerprint density at radius 1 is 1.11 bits per heavy atom. The Balaban J connectivity index is 2.22. The molecule has 0 radical (unpaired) electrons. The molecule has 0 aliphatic heterocycles. The van der Waals surface area contributed by atoms with E-state index in [0.29, 0.717) is 6.42 Å². The van der Waals surface area contributed by atoms with Crippen molar-refractivity contribution in [1.29, 1.82) is 0 Å². The van der Waals surface area contributed by atoms with Gasteiger partial charge < -0.3 is 4.98 Å². The van der Waals surface area contributed by atoms with Crippen molar-refractivity contribution in [3.63, 3.8) is 0 Å². The minimum absolute atomic E-state index is 0.144. The Morgan fingerprint density at radius 3 is 2.22 bits per heavy atom. The number of halogens is 1. The number of hydrogen-bond acceptors (Lipinski definition) is 1. The molecule has 1 aromatic carbocycles. The minimum Gasteiger partial charge on any atom is -0.356 e. The summed E-state index contributed by atoms with van der Waals surface area (Å²) in [6, 6.07) is 7.86. The van der Waals surface area contributed by atoms with Crippen LogP contribution in [0.25, 0.3) is 0 Å². The van der Waals surface area contributed by atoms with Crippen LogP contribution in [0.3, 0.4) is 0 Å². The Morgan fingerprint density at radius 2 is 1.72 bits per heavy atom. The van der Waals surface area contributed by atoms with Crippen LogP contribution in [-0.4, -0.2) is 10.8 Å². The second-order valence-corrected chi connectivity index (χ2v) is 5.52. The highest BCUT2D eigenvalue weighted by molar-refractivity contribution is 9.10. The van der Waals surface area contributed by atoms with E-state index < -0.39 is 0 Å². The maximum atomic E-state index is 12.2. The lowest BCUT2D eigenvalue weighted by atomic mass is 10.0. The lowest BCUT2D eigenvalue weighted by molar-refractivity contribution is 0.0988. The van der Waals surface area contributed by atoms with Gasteiger partial charge in [-0.15, -0.1) is 0 Å². The van der Waals surface area contributed by atoms with Crippen molar-refractivity contribution in [2.75, 3.05) is 0 Å². The highest BCUT2D eigenvalue weighted by atomic mass is 79.9. The predicted molar refractivity (Wildman–Crippen MR) is 77.2 cm³/mol. The van der Waals surface area contributed by atoms with Crippen LogP contribution in [0.5, 0.6) is 0 Å². The van der Waals surface area contributed by atoms with Gasteiger partial charge in [0.2, 0.25) is 0 Å². The molecule has 1 N–H and O–H groups in total. The minimum atomic E-state index is 0.144. The van der Waals surface area contributed by atoms with Gasteiger partial charge in [-0.05, 0) is 49.6 Å². The molecule has 0 unspecified atom stereocenters. The van der Waals surface area contributed by atoms with Gasteiger partial charge in [-0.1, -0.05) is 28.1 Å². The number of hydrogen-bond donors (Lipinski definition) is 1. The standard InChI is InChI=1S/C15H16BrNO/c1-9-10(2)15(17-11(9)3)14(18)8-12-4-6-13(16)7-5-12/h4-7,17H,8H2,1-3H3. The van der Waals surface area contributed by atoms with Crippen LogP contribution in [0.15, 0.2) is 28.7 Å². The summed E-state index contributed by atoms with van der Waals surface area (Å²) in [4.78, 5) is 15.4. The Kier molecular flexibility index (Phi) is 3.71. The molecule has 94 valence electrons. The quantitative estimate of drug-likeness (QED) is 0.850. The van der Waals surface area contributed by atoms with Crippen molar-refractivity contribution >= 4 is 21.7 Å². The van der Waals surface area contributed by atoms with E-state index in [1.165, 1.54) is 5.56 Å². The summed E-state index contributed by atoms with van der Waals surface area (Å²) in [5, 5.41) is 0. The number of Topliss-reactive ketones (excluding diaryl/α,β-unsaturated/α-hetero) is 1. The van der Waals surface area contributed by atoms with E-state index in [9.17, 15) is 4.79 Å². The van der Waals surface area contributed by atoms with Crippen LogP contribution in [-0.2, 0) is 6.42 Å². The number of aryl methyl sites for hydroxylation is 1. The van der Waals surface area contributed by atoms with Gasteiger partial charge in [-0.3, -0.25) is 4.79 Å². The van der Waals surface area contributed by atoms with Gasteiger partial charge in [0, 0.05) is 16.6 Å². The highest BCUT2D eigenvalue weighted by Gasteiger charge is 2.15. The Bertz CT molecular complexity index is 581. The molecule has 1 aromatic heterocycles. The van der Waals surface area contributed by atoms with Gasteiger partial charge in [0.15, 0.2) is 5.78 Å². The summed E-state index contributed by atoms with van der Waals surface area (Å²) in [7, 11) is 0. The largest absolute Gasteiger partial charge is 0.356 e. The first-order chi connectivity index (χ1) is 8.49. The number of ketones is 1. The first-order valence-corrected chi connectivity index (χ1v) is 6.71. The van der Waals surface area contributed by atoms with E-state index >= 15 is 0 Å². The molecule has 0 saturated carbocycles. The van der Waals surface area contributed by atoms with Crippen LogP contribution in [0.4, 0.5) is 0 Å². The van der Waals surface area contributed by atoms with Gasteiger partial charge >= 0.3 is 0 Å². The number of benzene rings is 1. The normalized spacial score (nSPS) is 10.7. The lowest BCUT2D eigenvalue weighted by Gasteiger charge is -2.01. The molecule has 1 heterocycles. The molecule has 0 spiro atoms. The summed E-state index contributed by atoms with van der Waals surface area (Å²) in [6.07, 6.45) is 0.438. The third-order valence-electron chi connectivity index (χ3n) is 3.37. The van der Waals surface area contributed by atoms with Crippen molar-refractivity contribution in [1.82, 2.24) is 4.98 Å². The van der Waals surface area contributed by atoms with Crippen LogP contribution in [0.2, 0.25) is 0 Å². The summed E-state index contributed by atoms with van der Waals surface area (Å²) < 4.78 is 1.03. The number of carbonyl (C=O) groups is 1. The molecule has 18 heavy (non-hydrogen) atoms. The molecule has 0 amide bonds. The summed E-state index contributed by atoms with van der Waals surface area (Å²) >= 11 is 3.39. The predicted octanol–water partition coefficient (Wildman–Crippen LogP) is 4.13. The second kappa shape index (κ2) is 5.11. The van der Waals surface area contributed by atoms with E-state index in [4.69, 9.17) is 0 Å². The van der Waals surface area contributed by atoms with Crippen molar-refractivity contribution in [3.05, 3.63) is 56.8 Å². The summed E-state index contributed by atoms with van der Waals surface area (Å²) in [5.74, 6) is 0.144. The Hall–Kier alpha value is -1.35. The van der Waals surface area contributed by atoms with Crippen molar-refractivity contribution in [2.45, 2.75) is 27.2 Å². The number of H-pyrrole nitrogens is 1. The molecule has 0 atom stereocenters.